The number of ether oxygens (including phenoxy) is 1. The van der Waals surface area contributed by atoms with Gasteiger partial charge in [0.05, 0.1) is 0 Å². The normalized spacial score (nSPS) is 21.4. The summed E-state index contributed by atoms with van der Waals surface area (Å²) >= 11 is 0. The predicted molar refractivity (Wildman–Crippen MR) is 84.0 cm³/mol. The minimum absolute atomic E-state index is 0.125. The van der Waals surface area contributed by atoms with Crippen molar-refractivity contribution >= 4 is 0 Å². The van der Waals surface area contributed by atoms with E-state index in [1.165, 1.54) is 5.56 Å². The highest BCUT2D eigenvalue weighted by molar-refractivity contribution is 5.38. The lowest BCUT2D eigenvalue weighted by Crippen LogP contribution is -2.44. The maximum atomic E-state index is 6.10. The van der Waals surface area contributed by atoms with E-state index in [4.69, 9.17) is 10.5 Å². The zero-order valence-corrected chi connectivity index (χ0v) is 13.4. The molecule has 1 aliphatic rings. The molecular weight excluding hydrogens is 248 g/mol. The second kappa shape index (κ2) is 5.38. The molecule has 20 heavy (non-hydrogen) atoms. The van der Waals surface area contributed by atoms with Crippen LogP contribution in [0.25, 0.3) is 0 Å². The van der Waals surface area contributed by atoms with Gasteiger partial charge in [0.2, 0.25) is 0 Å². The largest absolute Gasteiger partial charge is 0.487 e. The standard InChI is InChI=1S/C17H28N2O/c1-16(2,11-18)12-19(5)14-10-17(3,4)20-15-9-7-6-8-13(14)15/h6-9,14H,10-12,18H2,1-5H3. The molecule has 2 N–H and O–H groups in total. The van der Waals surface area contributed by atoms with Gasteiger partial charge in [-0.3, -0.25) is 4.90 Å². The molecule has 0 aromatic heterocycles. The van der Waals surface area contributed by atoms with Crippen molar-refractivity contribution in [2.24, 2.45) is 11.1 Å². The van der Waals surface area contributed by atoms with E-state index in [-0.39, 0.29) is 11.0 Å². The van der Waals surface area contributed by atoms with Crippen LogP contribution in [0.15, 0.2) is 24.3 Å². The lowest BCUT2D eigenvalue weighted by atomic mass is 9.86. The second-order valence-electron chi connectivity index (χ2n) is 7.40. The Morgan fingerprint density at radius 3 is 2.65 bits per heavy atom. The smallest absolute Gasteiger partial charge is 0.124 e. The Kier molecular flexibility index (Phi) is 4.12. The average Bonchev–Trinajstić information content (AvgIpc) is 2.36. The Bertz CT molecular complexity index is 468. The number of benzene rings is 1. The summed E-state index contributed by atoms with van der Waals surface area (Å²) in [7, 11) is 2.19. The lowest BCUT2D eigenvalue weighted by molar-refractivity contribution is 0.0281. The summed E-state index contributed by atoms with van der Waals surface area (Å²) in [4.78, 5) is 2.43. The molecule has 1 unspecified atom stereocenters. The van der Waals surface area contributed by atoms with Crippen molar-refractivity contribution in [3.8, 4) is 5.75 Å². The number of fused-ring (bicyclic) bond motifs is 1. The van der Waals surface area contributed by atoms with Crippen LogP contribution in [0.3, 0.4) is 0 Å². The van der Waals surface area contributed by atoms with Crippen LogP contribution in [0.4, 0.5) is 0 Å². The fraction of sp³-hybridized carbons (Fsp3) is 0.647. The van der Waals surface area contributed by atoms with Gasteiger partial charge in [-0.25, -0.2) is 0 Å². The first-order valence-electron chi connectivity index (χ1n) is 7.42. The van der Waals surface area contributed by atoms with Gasteiger partial charge in [-0.05, 0) is 38.9 Å². The number of hydrogen-bond donors (Lipinski definition) is 1. The number of nitrogens with two attached hydrogens (primary N) is 1. The molecule has 1 aromatic rings. The van der Waals surface area contributed by atoms with Crippen molar-refractivity contribution in [1.82, 2.24) is 4.90 Å². The number of hydrogen-bond acceptors (Lipinski definition) is 3. The third-order valence-corrected chi connectivity index (χ3v) is 4.11. The van der Waals surface area contributed by atoms with Crippen LogP contribution < -0.4 is 10.5 Å². The molecule has 0 aliphatic carbocycles. The van der Waals surface area contributed by atoms with Gasteiger partial charge in [0, 0.05) is 24.6 Å². The second-order valence-corrected chi connectivity index (χ2v) is 7.40. The van der Waals surface area contributed by atoms with Crippen LogP contribution in [0, 0.1) is 5.41 Å². The van der Waals surface area contributed by atoms with Gasteiger partial charge >= 0.3 is 0 Å². The number of para-hydroxylation sites is 1. The molecule has 3 heteroatoms. The highest BCUT2D eigenvalue weighted by Crippen LogP contribution is 2.42. The van der Waals surface area contributed by atoms with Crippen molar-refractivity contribution in [2.75, 3.05) is 20.1 Å². The highest BCUT2D eigenvalue weighted by atomic mass is 16.5. The van der Waals surface area contributed by atoms with Crippen LogP contribution in [0.1, 0.15) is 45.7 Å². The first-order chi connectivity index (χ1) is 9.24. The van der Waals surface area contributed by atoms with Crippen LogP contribution in [0.5, 0.6) is 5.75 Å². The molecule has 3 nitrogen and oxygen atoms in total. The monoisotopic (exact) mass is 276 g/mol. The molecule has 0 fully saturated rings. The summed E-state index contributed by atoms with van der Waals surface area (Å²) in [6.45, 7) is 10.5. The molecule has 1 atom stereocenters. The third kappa shape index (κ3) is 3.33. The zero-order chi connectivity index (χ0) is 15.0. The van der Waals surface area contributed by atoms with Gasteiger partial charge in [0.25, 0.3) is 0 Å². The maximum Gasteiger partial charge on any atom is 0.124 e. The van der Waals surface area contributed by atoms with Crippen LogP contribution in [-0.2, 0) is 0 Å². The molecule has 1 heterocycles. The lowest BCUT2D eigenvalue weighted by Gasteiger charge is -2.43. The van der Waals surface area contributed by atoms with Gasteiger partial charge in [0.1, 0.15) is 11.4 Å². The Morgan fingerprint density at radius 2 is 2.00 bits per heavy atom. The summed E-state index contributed by atoms with van der Waals surface area (Å²) in [5.74, 6) is 1.02. The Balaban J connectivity index is 2.27. The van der Waals surface area contributed by atoms with E-state index in [9.17, 15) is 0 Å². The van der Waals surface area contributed by atoms with Crippen molar-refractivity contribution in [3.63, 3.8) is 0 Å². The molecule has 2 rings (SSSR count). The minimum atomic E-state index is -0.125. The molecule has 0 bridgehead atoms. The minimum Gasteiger partial charge on any atom is -0.487 e. The van der Waals surface area contributed by atoms with Gasteiger partial charge in [-0.2, -0.15) is 0 Å². The molecule has 1 aromatic carbocycles. The third-order valence-electron chi connectivity index (χ3n) is 4.11. The topological polar surface area (TPSA) is 38.5 Å². The number of rotatable bonds is 4. The van der Waals surface area contributed by atoms with Crippen molar-refractivity contribution in [3.05, 3.63) is 29.8 Å². The summed E-state index contributed by atoms with van der Waals surface area (Å²) < 4.78 is 6.10. The van der Waals surface area contributed by atoms with Gasteiger partial charge in [-0.1, -0.05) is 32.0 Å². The van der Waals surface area contributed by atoms with E-state index in [2.05, 4.69) is 57.8 Å². The molecular formula is C17H28N2O. The molecule has 0 amide bonds. The van der Waals surface area contributed by atoms with E-state index >= 15 is 0 Å². The quantitative estimate of drug-likeness (QED) is 0.917. The first kappa shape index (κ1) is 15.3. The molecule has 0 saturated heterocycles. The maximum absolute atomic E-state index is 6.10. The summed E-state index contributed by atoms with van der Waals surface area (Å²) in [5.41, 5.74) is 7.18. The molecule has 1 aliphatic heterocycles. The van der Waals surface area contributed by atoms with Gasteiger partial charge in [0.15, 0.2) is 0 Å². The highest BCUT2D eigenvalue weighted by Gasteiger charge is 2.36. The SMILES string of the molecule is CN(CC(C)(C)CN)C1CC(C)(C)Oc2ccccc21. The summed E-state index contributed by atoms with van der Waals surface area (Å²) in [6.07, 6.45) is 1.00. The van der Waals surface area contributed by atoms with Crippen molar-refractivity contribution < 1.29 is 4.74 Å². The van der Waals surface area contributed by atoms with E-state index in [0.29, 0.717) is 12.6 Å². The molecule has 0 radical (unpaired) electrons. The van der Waals surface area contributed by atoms with Gasteiger partial charge < -0.3 is 10.5 Å². The van der Waals surface area contributed by atoms with Crippen LogP contribution >= 0.6 is 0 Å². The Hall–Kier alpha value is -1.06. The van der Waals surface area contributed by atoms with Crippen molar-refractivity contribution in [1.29, 1.82) is 0 Å². The van der Waals surface area contributed by atoms with E-state index in [1.807, 2.05) is 6.07 Å². The zero-order valence-electron chi connectivity index (χ0n) is 13.4. The fourth-order valence-corrected chi connectivity index (χ4v) is 3.01. The first-order valence-corrected chi connectivity index (χ1v) is 7.42. The summed E-state index contributed by atoms with van der Waals surface area (Å²) in [6, 6.07) is 8.78. The van der Waals surface area contributed by atoms with Crippen LogP contribution in [0.2, 0.25) is 0 Å². The molecule has 0 spiro atoms. The number of nitrogens with zero attached hydrogens (tertiary/aromatic N) is 1. The molecule has 0 saturated carbocycles. The van der Waals surface area contributed by atoms with Gasteiger partial charge in [-0.15, -0.1) is 0 Å². The fourth-order valence-electron chi connectivity index (χ4n) is 3.01. The van der Waals surface area contributed by atoms with Crippen molar-refractivity contribution in [2.45, 2.75) is 45.8 Å². The van der Waals surface area contributed by atoms with E-state index < -0.39 is 0 Å². The Labute approximate surface area is 123 Å². The van der Waals surface area contributed by atoms with E-state index in [1.54, 1.807) is 0 Å². The van der Waals surface area contributed by atoms with E-state index in [0.717, 1.165) is 18.7 Å². The average molecular weight is 276 g/mol. The summed E-state index contributed by atoms with van der Waals surface area (Å²) in [5, 5.41) is 0. The molecule has 112 valence electrons. The Morgan fingerprint density at radius 1 is 1.35 bits per heavy atom. The van der Waals surface area contributed by atoms with Crippen LogP contribution in [-0.4, -0.2) is 30.6 Å². The predicted octanol–water partition coefficient (Wildman–Crippen LogP) is 3.21.